The molecule has 0 aromatic heterocycles. The van der Waals surface area contributed by atoms with Crippen molar-refractivity contribution in [3.05, 3.63) is 29.3 Å². The molecule has 0 aliphatic carbocycles. The second-order valence-electron chi connectivity index (χ2n) is 4.65. The summed E-state index contributed by atoms with van der Waals surface area (Å²) in [5.41, 5.74) is 0.583. The minimum absolute atomic E-state index is 0.0688. The van der Waals surface area contributed by atoms with Gasteiger partial charge in [0, 0.05) is 23.9 Å². The van der Waals surface area contributed by atoms with E-state index in [-0.39, 0.29) is 25.0 Å². The molecule has 1 aromatic rings. The smallest absolute Gasteiger partial charge is 0.323 e. The van der Waals surface area contributed by atoms with Crippen LogP contribution in [0.3, 0.4) is 0 Å². The third-order valence-corrected chi connectivity index (χ3v) is 2.89. The molecule has 1 amide bonds. The number of halogens is 1. The van der Waals surface area contributed by atoms with Crippen LogP contribution in [-0.2, 0) is 14.3 Å². The molecule has 0 radical (unpaired) electrons. The van der Waals surface area contributed by atoms with Crippen molar-refractivity contribution in [2.75, 3.05) is 31.7 Å². The normalized spacial score (nSPS) is 11.8. The Morgan fingerprint density at radius 3 is 2.71 bits per heavy atom. The molecule has 21 heavy (non-hydrogen) atoms. The van der Waals surface area contributed by atoms with Crippen LogP contribution in [0, 0.1) is 0 Å². The zero-order valence-corrected chi connectivity index (χ0v) is 12.8. The third kappa shape index (κ3) is 6.46. The van der Waals surface area contributed by atoms with E-state index in [1.165, 1.54) is 4.90 Å². The molecule has 0 bridgehead atoms. The minimum Gasteiger partial charge on any atom is -0.480 e. The van der Waals surface area contributed by atoms with Crippen molar-refractivity contribution in [2.24, 2.45) is 0 Å². The number of carboxylic acid groups (broad SMARTS) is 1. The fourth-order valence-electron chi connectivity index (χ4n) is 1.86. The summed E-state index contributed by atoms with van der Waals surface area (Å²) in [5.74, 6) is -1.30. The zero-order valence-electron chi connectivity index (χ0n) is 12.0. The SMILES string of the molecule is COCC(C)NC(=O)CN(CC(=O)O)c1cccc(Cl)c1. The van der Waals surface area contributed by atoms with Crippen LogP contribution in [0.25, 0.3) is 0 Å². The van der Waals surface area contributed by atoms with Crippen molar-refractivity contribution in [1.29, 1.82) is 0 Å². The second kappa shape index (κ2) is 8.49. The number of carbonyl (C=O) groups excluding carboxylic acids is 1. The second-order valence-corrected chi connectivity index (χ2v) is 5.09. The van der Waals surface area contributed by atoms with Gasteiger partial charge in [0.05, 0.1) is 13.2 Å². The Bertz CT molecular complexity index is 496. The van der Waals surface area contributed by atoms with Crippen molar-refractivity contribution >= 4 is 29.2 Å². The van der Waals surface area contributed by atoms with Crippen molar-refractivity contribution < 1.29 is 19.4 Å². The number of nitrogens with one attached hydrogen (secondary N) is 1. The maximum Gasteiger partial charge on any atom is 0.323 e. The number of rotatable bonds is 8. The van der Waals surface area contributed by atoms with Gasteiger partial charge in [0.1, 0.15) is 6.54 Å². The molecule has 1 rings (SSSR count). The monoisotopic (exact) mass is 314 g/mol. The lowest BCUT2D eigenvalue weighted by Crippen LogP contribution is -2.44. The molecular weight excluding hydrogens is 296 g/mol. The molecule has 1 aromatic carbocycles. The van der Waals surface area contributed by atoms with Gasteiger partial charge in [0.2, 0.25) is 5.91 Å². The van der Waals surface area contributed by atoms with Crippen LogP contribution in [0.1, 0.15) is 6.92 Å². The van der Waals surface area contributed by atoms with E-state index in [2.05, 4.69) is 5.32 Å². The van der Waals surface area contributed by atoms with Crippen molar-refractivity contribution in [3.63, 3.8) is 0 Å². The van der Waals surface area contributed by atoms with Crippen LogP contribution < -0.4 is 10.2 Å². The van der Waals surface area contributed by atoms with E-state index in [1.54, 1.807) is 31.4 Å². The number of aliphatic carboxylic acids is 1. The first-order valence-corrected chi connectivity index (χ1v) is 6.80. The lowest BCUT2D eigenvalue weighted by Gasteiger charge is -2.23. The largest absolute Gasteiger partial charge is 0.480 e. The first kappa shape index (κ1) is 17.3. The van der Waals surface area contributed by atoms with E-state index in [4.69, 9.17) is 21.4 Å². The molecule has 2 N–H and O–H groups in total. The highest BCUT2D eigenvalue weighted by Gasteiger charge is 2.16. The number of carbonyl (C=O) groups is 2. The van der Waals surface area contributed by atoms with E-state index in [0.717, 1.165) is 0 Å². The van der Waals surface area contributed by atoms with Crippen LogP contribution in [0.2, 0.25) is 5.02 Å². The predicted octanol–water partition coefficient (Wildman–Crippen LogP) is 1.38. The number of ether oxygens (including phenoxy) is 1. The number of hydrogen-bond donors (Lipinski definition) is 2. The van der Waals surface area contributed by atoms with Gasteiger partial charge in [-0.25, -0.2) is 0 Å². The molecular formula is C14H19ClN2O4. The predicted molar refractivity (Wildman–Crippen MR) is 80.8 cm³/mol. The average molecular weight is 315 g/mol. The summed E-state index contributed by atoms with van der Waals surface area (Å²) in [7, 11) is 1.55. The van der Waals surface area contributed by atoms with Gasteiger partial charge in [0.25, 0.3) is 0 Å². The number of amides is 1. The van der Waals surface area contributed by atoms with Crippen LogP contribution in [0.5, 0.6) is 0 Å². The molecule has 7 heteroatoms. The summed E-state index contributed by atoms with van der Waals surface area (Å²) in [6.45, 7) is 1.84. The summed E-state index contributed by atoms with van der Waals surface area (Å²) < 4.78 is 4.93. The Balaban J connectivity index is 2.74. The zero-order chi connectivity index (χ0) is 15.8. The van der Waals surface area contributed by atoms with Crippen molar-refractivity contribution in [1.82, 2.24) is 5.32 Å². The van der Waals surface area contributed by atoms with Crippen molar-refractivity contribution in [3.8, 4) is 0 Å². The number of benzene rings is 1. The molecule has 0 heterocycles. The Hall–Kier alpha value is -1.79. The van der Waals surface area contributed by atoms with Crippen LogP contribution >= 0.6 is 11.6 Å². The highest BCUT2D eigenvalue weighted by Crippen LogP contribution is 2.19. The Morgan fingerprint density at radius 2 is 2.14 bits per heavy atom. The summed E-state index contributed by atoms with van der Waals surface area (Å²) >= 11 is 5.90. The van der Waals surface area contributed by atoms with Gasteiger partial charge in [-0.1, -0.05) is 17.7 Å². The highest BCUT2D eigenvalue weighted by atomic mass is 35.5. The molecule has 0 aliphatic heterocycles. The molecule has 1 atom stereocenters. The first-order chi connectivity index (χ1) is 9.92. The van der Waals surface area contributed by atoms with Crippen LogP contribution in [0.15, 0.2) is 24.3 Å². The molecule has 0 spiro atoms. The summed E-state index contributed by atoms with van der Waals surface area (Å²) in [4.78, 5) is 24.3. The molecule has 6 nitrogen and oxygen atoms in total. The van der Waals surface area contributed by atoms with Gasteiger partial charge in [-0.05, 0) is 25.1 Å². The van der Waals surface area contributed by atoms with Gasteiger partial charge < -0.3 is 20.1 Å². The van der Waals surface area contributed by atoms with Gasteiger partial charge in [-0.15, -0.1) is 0 Å². The number of nitrogens with zero attached hydrogens (tertiary/aromatic N) is 1. The molecule has 1 unspecified atom stereocenters. The lowest BCUT2D eigenvalue weighted by molar-refractivity contribution is -0.135. The van der Waals surface area contributed by atoms with E-state index in [9.17, 15) is 9.59 Å². The van der Waals surface area contributed by atoms with Crippen LogP contribution in [-0.4, -0.2) is 49.8 Å². The Labute approximate surface area is 128 Å². The lowest BCUT2D eigenvalue weighted by atomic mass is 10.2. The first-order valence-electron chi connectivity index (χ1n) is 6.43. The number of carboxylic acids is 1. The van der Waals surface area contributed by atoms with Gasteiger partial charge in [-0.2, -0.15) is 0 Å². The molecule has 116 valence electrons. The fraction of sp³-hybridized carbons (Fsp3) is 0.429. The maximum absolute atomic E-state index is 11.9. The maximum atomic E-state index is 11.9. The van der Waals surface area contributed by atoms with E-state index < -0.39 is 5.97 Å². The van der Waals surface area contributed by atoms with Gasteiger partial charge in [-0.3, -0.25) is 9.59 Å². The number of anilines is 1. The molecule has 0 fully saturated rings. The van der Waals surface area contributed by atoms with E-state index in [1.807, 2.05) is 6.92 Å². The number of hydrogen-bond acceptors (Lipinski definition) is 4. The number of methoxy groups -OCH3 is 1. The molecule has 0 saturated heterocycles. The average Bonchev–Trinajstić information content (AvgIpc) is 2.37. The Kier molecular flexibility index (Phi) is 6.98. The summed E-state index contributed by atoms with van der Waals surface area (Å²) in [6.07, 6.45) is 0. The standard InChI is InChI=1S/C14H19ClN2O4/c1-10(9-21-2)16-13(18)7-17(8-14(19)20)12-5-3-4-11(15)6-12/h3-6,10H,7-9H2,1-2H3,(H,16,18)(H,19,20). The fourth-order valence-corrected chi connectivity index (χ4v) is 2.04. The Morgan fingerprint density at radius 1 is 1.43 bits per heavy atom. The third-order valence-electron chi connectivity index (χ3n) is 2.66. The molecule has 0 saturated carbocycles. The topological polar surface area (TPSA) is 78.9 Å². The highest BCUT2D eigenvalue weighted by molar-refractivity contribution is 6.30. The summed E-state index contributed by atoms with van der Waals surface area (Å²) in [6, 6.07) is 6.58. The van der Waals surface area contributed by atoms with Crippen molar-refractivity contribution in [2.45, 2.75) is 13.0 Å². The van der Waals surface area contributed by atoms with Crippen LogP contribution in [0.4, 0.5) is 5.69 Å². The van der Waals surface area contributed by atoms with E-state index in [0.29, 0.717) is 17.3 Å². The van der Waals surface area contributed by atoms with Gasteiger partial charge in [0.15, 0.2) is 0 Å². The van der Waals surface area contributed by atoms with Gasteiger partial charge >= 0.3 is 5.97 Å². The quantitative estimate of drug-likeness (QED) is 0.758. The summed E-state index contributed by atoms with van der Waals surface area (Å²) in [5, 5.41) is 12.2. The van der Waals surface area contributed by atoms with E-state index >= 15 is 0 Å². The minimum atomic E-state index is -1.02. The molecule has 0 aliphatic rings.